The van der Waals surface area contributed by atoms with Gasteiger partial charge in [0.05, 0.1) is 11.3 Å². The Morgan fingerprint density at radius 3 is 2.62 bits per heavy atom. The van der Waals surface area contributed by atoms with Gasteiger partial charge in [-0.2, -0.15) is 13.2 Å². The van der Waals surface area contributed by atoms with Gasteiger partial charge < -0.3 is 11.1 Å². The lowest BCUT2D eigenvalue weighted by Crippen LogP contribution is -2.40. The van der Waals surface area contributed by atoms with Crippen LogP contribution in [0.5, 0.6) is 0 Å². The Morgan fingerprint density at radius 2 is 2.03 bits per heavy atom. The molecule has 0 saturated carbocycles. The lowest BCUT2D eigenvalue weighted by Gasteiger charge is -2.28. The van der Waals surface area contributed by atoms with E-state index in [4.69, 9.17) is 11.1 Å². The fourth-order valence-electron chi connectivity index (χ4n) is 3.55. The molecular formula is C20H22F3N5O3S. The first kappa shape index (κ1) is 23.5. The van der Waals surface area contributed by atoms with Crippen molar-refractivity contribution in [3.63, 3.8) is 0 Å². The standard InChI is InChI=1S/C20H22F3N5O3S/c1-28(19(24)25)32(30,31)11-13-4-2-3-12-5-7-15(9-16(12)13)27-18(29)17-8-6-14(10-26-17)20(21,22)23/h5-10,13H,2-4,11H2,1H3,(H3,24,25)(H,27,29). The maximum absolute atomic E-state index is 12.7. The highest BCUT2D eigenvalue weighted by Crippen LogP contribution is 2.35. The molecule has 1 aliphatic rings. The fourth-order valence-corrected chi connectivity index (χ4v) is 4.93. The zero-order valence-electron chi connectivity index (χ0n) is 17.1. The van der Waals surface area contributed by atoms with E-state index >= 15 is 0 Å². The first-order valence-corrected chi connectivity index (χ1v) is 11.3. The second kappa shape index (κ2) is 8.77. The van der Waals surface area contributed by atoms with Gasteiger partial charge in [-0.3, -0.25) is 15.2 Å². The Bertz CT molecular complexity index is 1130. The molecule has 4 N–H and O–H groups in total. The second-order valence-electron chi connectivity index (χ2n) is 7.52. The molecule has 0 spiro atoms. The second-order valence-corrected chi connectivity index (χ2v) is 9.56. The van der Waals surface area contributed by atoms with E-state index in [-0.39, 0.29) is 17.4 Å². The molecule has 0 bridgehead atoms. The number of nitrogens with one attached hydrogen (secondary N) is 2. The third-order valence-corrected chi connectivity index (χ3v) is 7.19. The Kier molecular flexibility index (Phi) is 6.44. The zero-order valence-corrected chi connectivity index (χ0v) is 17.9. The Hall–Kier alpha value is -3.15. The van der Waals surface area contributed by atoms with E-state index in [1.807, 2.05) is 0 Å². The van der Waals surface area contributed by atoms with Crippen molar-refractivity contribution in [2.45, 2.75) is 31.4 Å². The molecule has 1 unspecified atom stereocenters. The van der Waals surface area contributed by atoms with E-state index in [1.54, 1.807) is 18.2 Å². The number of amides is 1. The van der Waals surface area contributed by atoms with Crippen molar-refractivity contribution in [1.29, 1.82) is 5.41 Å². The van der Waals surface area contributed by atoms with Crippen LogP contribution in [0.3, 0.4) is 0 Å². The van der Waals surface area contributed by atoms with Crippen molar-refractivity contribution in [1.82, 2.24) is 9.29 Å². The van der Waals surface area contributed by atoms with E-state index in [1.165, 1.54) is 7.05 Å². The average molecular weight is 469 g/mol. The minimum Gasteiger partial charge on any atom is -0.369 e. The number of sulfonamides is 1. The van der Waals surface area contributed by atoms with Gasteiger partial charge in [0, 0.05) is 18.9 Å². The molecular weight excluding hydrogens is 447 g/mol. The molecule has 12 heteroatoms. The van der Waals surface area contributed by atoms with Gasteiger partial charge in [0.2, 0.25) is 16.0 Å². The number of nitrogens with two attached hydrogens (primary N) is 1. The minimum absolute atomic E-state index is 0.182. The van der Waals surface area contributed by atoms with Gasteiger partial charge in [0.25, 0.3) is 5.91 Å². The van der Waals surface area contributed by atoms with Crippen LogP contribution >= 0.6 is 0 Å². The van der Waals surface area contributed by atoms with Crippen LogP contribution in [0.1, 0.15) is 45.9 Å². The summed E-state index contributed by atoms with van der Waals surface area (Å²) in [4.78, 5) is 16.0. The van der Waals surface area contributed by atoms with Crippen LogP contribution in [0.15, 0.2) is 36.5 Å². The van der Waals surface area contributed by atoms with Crippen LogP contribution in [0, 0.1) is 5.41 Å². The topological polar surface area (TPSA) is 129 Å². The molecule has 1 amide bonds. The molecule has 0 radical (unpaired) electrons. The lowest BCUT2D eigenvalue weighted by molar-refractivity contribution is -0.137. The molecule has 1 aliphatic carbocycles. The molecule has 1 heterocycles. The number of nitrogens with zero attached hydrogens (tertiary/aromatic N) is 2. The highest BCUT2D eigenvalue weighted by Gasteiger charge is 2.31. The minimum atomic E-state index is -4.55. The number of carbonyl (C=O) groups excluding carboxylic acids is 1. The van der Waals surface area contributed by atoms with E-state index in [0.29, 0.717) is 18.3 Å². The van der Waals surface area contributed by atoms with Crippen molar-refractivity contribution < 1.29 is 26.4 Å². The number of benzene rings is 1. The molecule has 1 atom stereocenters. The number of rotatable bonds is 5. The number of aryl methyl sites for hydroxylation is 1. The SMILES string of the molecule is CN(C(=N)N)S(=O)(=O)CC1CCCc2ccc(NC(=O)c3ccc(C(F)(F)F)cn3)cc21. The number of carbonyl (C=O) groups is 1. The molecule has 2 aromatic rings. The number of guanidine groups is 1. The van der Waals surface area contributed by atoms with Gasteiger partial charge in [0.1, 0.15) is 5.69 Å². The van der Waals surface area contributed by atoms with Crippen molar-refractivity contribution >= 4 is 27.6 Å². The Morgan fingerprint density at radius 1 is 1.31 bits per heavy atom. The third-order valence-electron chi connectivity index (χ3n) is 5.33. The summed E-state index contributed by atoms with van der Waals surface area (Å²) in [6, 6.07) is 6.88. The van der Waals surface area contributed by atoms with Gasteiger partial charge in [0.15, 0.2) is 0 Å². The fraction of sp³-hybridized carbons (Fsp3) is 0.350. The number of hydrogen-bond donors (Lipinski definition) is 3. The van der Waals surface area contributed by atoms with Gasteiger partial charge in [-0.15, -0.1) is 0 Å². The summed E-state index contributed by atoms with van der Waals surface area (Å²) in [5, 5.41) is 9.96. The van der Waals surface area contributed by atoms with Gasteiger partial charge in [-0.1, -0.05) is 6.07 Å². The van der Waals surface area contributed by atoms with Crippen molar-refractivity contribution in [2.75, 3.05) is 18.1 Å². The van der Waals surface area contributed by atoms with Crippen LogP contribution < -0.4 is 11.1 Å². The molecule has 172 valence electrons. The smallest absolute Gasteiger partial charge is 0.369 e. The van der Waals surface area contributed by atoms with Crippen LogP contribution in [0.4, 0.5) is 18.9 Å². The predicted molar refractivity (Wildman–Crippen MR) is 113 cm³/mol. The van der Waals surface area contributed by atoms with Gasteiger partial charge in [-0.05, 0) is 60.6 Å². The number of fused-ring (bicyclic) bond motifs is 1. The summed E-state index contributed by atoms with van der Waals surface area (Å²) in [5.41, 5.74) is 6.25. The van der Waals surface area contributed by atoms with Crippen LogP contribution in [0.25, 0.3) is 0 Å². The first-order valence-electron chi connectivity index (χ1n) is 9.66. The summed E-state index contributed by atoms with van der Waals surface area (Å²) in [7, 11) is -2.59. The summed E-state index contributed by atoms with van der Waals surface area (Å²) in [6.07, 6.45) is -1.81. The van der Waals surface area contributed by atoms with Gasteiger partial charge in [-0.25, -0.2) is 12.7 Å². The maximum Gasteiger partial charge on any atom is 0.417 e. The number of alkyl halides is 3. The summed E-state index contributed by atoms with van der Waals surface area (Å²) in [5.74, 6) is -1.86. The normalized spacial score (nSPS) is 16.2. The molecule has 8 nitrogen and oxygen atoms in total. The molecule has 32 heavy (non-hydrogen) atoms. The van der Waals surface area contributed by atoms with E-state index in [2.05, 4.69) is 10.3 Å². The van der Waals surface area contributed by atoms with Crippen molar-refractivity contribution in [3.05, 3.63) is 58.9 Å². The van der Waals surface area contributed by atoms with Crippen LogP contribution in [-0.4, -0.2) is 42.4 Å². The number of hydrogen-bond acceptors (Lipinski definition) is 5. The highest BCUT2D eigenvalue weighted by molar-refractivity contribution is 7.89. The monoisotopic (exact) mass is 469 g/mol. The quantitative estimate of drug-likeness (QED) is 0.458. The first-order chi connectivity index (χ1) is 14.9. The number of aromatic nitrogens is 1. The summed E-state index contributed by atoms with van der Waals surface area (Å²) >= 11 is 0. The lowest BCUT2D eigenvalue weighted by atomic mass is 9.83. The highest BCUT2D eigenvalue weighted by atomic mass is 32.2. The van der Waals surface area contributed by atoms with E-state index in [9.17, 15) is 26.4 Å². The third kappa shape index (κ3) is 5.18. The molecule has 3 rings (SSSR count). The average Bonchev–Trinajstić information content (AvgIpc) is 2.72. The molecule has 1 aromatic carbocycles. The summed E-state index contributed by atoms with van der Waals surface area (Å²) in [6.45, 7) is 0. The Labute approximate surface area is 183 Å². The predicted octanol–water partition coefficient (Wildman–Crippen LogP) is 2.93. The molecule has 0 fully saturated rings. The molecule has 0 saturated heterocycles. The van der Waals surface area contributed by atoms with Crippen molar-refractivity contribution in [3.8, 4) is 0 Å². The van der Waals surface area contributed by atoms with E-state index in [0.717, 1.165) is 40.4 Å². The largest absolute Gasteiger partial charge is 0.417 e. The maximum atomic E-state index is 12.7. The van der Waals surface area contributed by atoms with Crippen molar-refractivity contribution in [2.24, 2.45) is 5.73 Å². The van der Waals surface area contributed by atoms with Crippen LogP contribution in [-0.2, 0) is 22.6 Å². The zero-order chi connectivity index (χ0) is 23.7. The van der Waals surface area contributed by atoms with Gasteiger partial charge >= 0.3 is 6.18 Å². The number of pyridine rings is 1. The summed E-state index contributed by atoms with van der Waals surface area (Å²) < 4.78 is 63.8. The number of anilines is 1. The number of halogens is 3. The molecule has 0 aliphatic heterocycles. The Balaban J connectivity index is 1.80. The van der Waals surface area contributed by atoms with Crippen LogP contribution in [0.2, 0.25) is 0 Å². The van der Waals surface area contributed by atoms with E-state index < -0.39 is 33.6 Å². The molecule has 1 aromatic heterocycles.